The molecule has 1 aliphatic rings. The molecule has 0 bridgehead atoms. The highest BCUT2D eigenvalue weighted by Gasteiger charge is 2.26. The number of benzene rings is 1. The first-order valence-corrected chi connectivity index (χ1v) is 8.01. The Morgan fingerprint density at radius 1 is 1.05 bits per heavy atom. The molecule has 0 spiro atoms. The van der Waals surface area contributed by atoms with Crippen LogP contribution in [0.3, 0.4) is 0 Å². The number of ether oxygens (including phenoxy) is 3. The average molecular weight is 310 g/mol. The van der Waals surface area contributed by atoms with Crippen LogP contribution < -0.4 is 24.0 Å². The van der Waals surface area contributed by atoms with E-state index in [4.69, 9.17) is 14.2 Å². The van der Waals surface area contributed by atoms with Gasteiger partial charge in [0.05, 0.1) is 54.6 Å². The van der Waals surface area contributed by atoms with E-state index in [-0.39, 0.29) is 0 Å². The summed E-state index contributed by atoms with van der Waals surface area (Å²) in [6.07, 6.45) is 2.59. The zero-order chi connectivity index (χ0) is 16.1. The first-order chi connectivity index (χ1) is 10.6. The van der Waals surface area contributed by atoms with Gasteiger partial charge in [0.15, 0.2) is 11.5 Å². The van der Waals surface area contributed by atoms with E-state index in [1.54, 1.807) is 31.1 Å². The van der Waals surface area contributed by atoms with Crippen molar-refractivity contribution in [1.29, 1.82) is 0 Å². The molecule has 1 aliphatic heterocycles. The van der Waals surface area contributed by atoms with Crippen molar-refractivity contribution in [3.8, 4) is 17.2 Å². The van der Waals surface area contributed by atoms with E-state index < -0.39 is 0 Å². The summed E-state index contributed by atoms with van der Waals surface area (Å²) in [7, 11) is 9.53. The number of likely N-dealkylation sites (tertiary alicyclic amines) is 1. The zero-order valence-electron chi connectivity index (χ0n) is 14.5. The predicted molar refractivity (Wildman–Crippen MR) is 86.3 cm³/mol. The van der Waals surface area contributed by atoms with Gasteiger partial charge in [-0.3, -0.25) is 0 Å². The molecular formula is C17H30N2O3+2. The van der Waals surface area contributed by atoms with Crippen LogP contribution in [0.2, 0.25) is 0 Å². The lowest BCUT2D eigenvalue weighted by atomic mass is 10.0. The maximum atomic E-state index is 5.44. The Labute approximate surface area is 133 Å². The van der Waals surface area contributed by atoms with Crippen molar-refractivity contribution in [2.24, 2.45) is 0 Å². The molecule has 1 atom stereocenters. The van der Waals surface area contributed by atoms with Crippen LogP contribution in [0.25, 0.3) is 0 Å². The number of quaternary nitrogens is 2. The van der Waals surface area contributed by atoms with Gasteiger partial charge in [-0.2, -0.15) is 0 Å². The molecule has 0 saturated carbocycles. The molecule has 2 rings (SSSR count). The summed E-state index contributed by atoms with van der Waals surface area (Å²) in [5.74, 6) is 2.13. The summed E-state index contributed by atoms with van der Waals surface area (Å²) in [5.41, 5.74) is 1.22. The lowest BCUT2D eigenvalue weighted by Crippen LogP contribution is -3.17. The summed E-state index contributed by atoms with van der Waals surface area (Å²) in [6, 6.07) is 4.86. The van der Waals surface area contributed by atoms with Gasteiger partial charge in [-0.1, -0.05) is 0 Å². The standard InChI is InChI=1S/C17H28N2O3/c1-18-8-6-14(7-9-18)19(2)12-13-10-15(20-3)17(22-5)16(11-13)21-4/h10-11,14H,6-9,12H2,1-5H3/p+2. The molecule has 1 saturated heterocycles. The highest BCUT2D eigenvalue weighted by atomic mass is 16.5. The van der Waals surface area contributed by atoms with Crippen molar-refractivity contribution >= 4 is 0 Å². The van der Waals surface area contributed by atoms with Crippen molar-refractivity contribution in [3.63, 3.8) is 0 Å². The second-order valence-electron chi connectivity index (χ2n) is 6.29. The summed E-state index contributed by atoms with van der Waals surface area (Å²) >= 11 is 0. The van der Waals surface area contributed by atoms with Crippen molar-refractivity contribution in [1.82, 2.24) is 0 Å². The molecular weight excluding hydrogens is 280 g/mol. The van der Waals surface area contributed by atoms with Gasteiger partial charge in [0.25, 0.3) is 0 Å². The number of rotatable bonds is 6. The van der Waals surface area contributed by atoms with Crippen LogP contribution in [-0.4, -0.2) is 54.6 Å². The molecule has 0 aliphatic carbocycles. The second kappa shape index (κ2) is 7.70. The van der Waals surface area contributed by atoms with Crippen LogP contribution in [0.4, 0.5) is 0 Å². The molecule has 1 fully saturated rings. The topological polar surface area (TPSA) is 36.6 Å². The minimum Gasteiger partial charge on any atom is -0.493 e. The SMILES string of the molecule is COc1cc(C[NH+](C)C2CC[NH+](C)CC2)cc(OC)c1OC. The van der Waals surface area contributed by atoms with E-state index in [9.17, 15) is 0 Å². The van der Waals surface area contributed by atoms with Crippen LogP contribution in [-0.2, 0) is 6.54 Å². The van der Waals surface area contributed by atoms with E-state index >= 15 is 0 Å². The molecule has 1 unspecified atom stereocenters. The Morgan fingerprint density at radius 2 is 1.59 bits per heavy atom. The zero-order valence-corrected chi connectivity index (χ0v) is 14.5. The van der Waals surface area contributed by atoms with Gasteiger partial charge in [-0.25, -0.2) is 0 Å². The van der Waals surface area contributed by atoms with Crippen LogP contribution in [0.5, 0.6) is 17.2 Å². The fourth-order valence-electron chi connectivity index (χ4n) is 3.31. The van der Waals surface area contributed by atoms with Gasteiger partial charge in [0, 0.05) is 18.4 Å². The van der Waals surface area contributed by atoms with Crippen LogP contribution in [0, 0.1) is 0 Å². The van der Waals surface area contributed by atoms with Crippen molar-refractivity contribution in [2.75, 3.05) is 48.5 Å². The fourth-order valence-corrected chi connectivity index (χ4v) is 3.31. The van der Waals surface area contributed by atoms with Crippen LogP contribution in [0.1, 0.15) is 18.4 Å². The predicted octanol–water partition coefficient (Wildman–Crippen LogP) is -0.596. The van der Waals surface area contributed by atoms with Crippen molar-refractivity contribution < 1.29 is 24.0 Å². The molecule has 1 heterocycles. The van der Waals surface area contributed by atoms with E-state index in [1.807, 2.05) is 0 Å². The molecule has 124 valence electrons. The average Bonchev–Trinajstić information content (AvgIpc) is 2.54. The Balaban J connectivity index is 2.11. The van der Waals surface area contributed by atoms with Gasteiger partial charge in [0.1, 0.15) is 6.54 Å². The number of methoxy groups -OCH3 is 3. The summed E-state index contributed by atoms with van der Waals surface area (Å²) in [4.78, 5) is 3.21. The van der Waals surface area contributed by atoms with Crippen molar-refractivity contribution in [3.05, 3.63) is 17.7 Å². The molecule has 0 amide bonds. The van der Waals surface area contributed by atoms with E-state index in [2.05, 4.69) is 26.2 Å². The number of piperidine rings is 1. The van der Waals surface area contributed by atoms with Gasteiger partial charge in [-0.15, -0.1) is 0 Å². The van der Waals surface area contributed by atoms with Crippen molar-refractivity contribution in [2.45, 2.75) is 25.4 Å². The van der Waals surface area contributed by atoms with Crippen LogP contribution >= 0.6 is 0 Å². The Kier molecular flexibility index (Phi) is 5.91. The molecule has 5 heteroatoms. The highest BCUT2D eigenvalue weighted by Crippen LogP contribution is 2.37. The Bertz CT molecular complexity index is 460. The molecule has 2 N–H and O–H groups in total. The first-order valence-electron chi connectivity index (χ1n) is 8.01. The van der Waals surface area contributed by atoms with E-state index in [0.717, 1.165) is 24.1 Å². The first kappa shape index (κ1) is 16.9. The molecule has 1 aromatic rings. The normalized spacial score (nSPS) is 23.0. The summed E-state index contributed by atoms with van der Waals surface area (Å²) in [6.45, 7) is 3.52. The monoisotopic (exact) mass is 310 g/mol. The second-order valence-corrected chi connectivity index (χ2v) is 6.29. The maximum Gasteiger partial charge on any atom is 0.203 e. The molecule has 0 aromatic heterocycles. The van der Waals surface area contributed by atoms with Crippen LogP contribution in [0.15, 0.2) is 12.1 Å². The maximum absolute atomic E-state index is 5.44. The van der Waals surface area contributed by atoms with Gasteiger partial charge in [0.2, 0.25) is 5.75 Å². The molecule has 0 radical (unpaired) electrons. The third-order valence-corrected chi connectivity index (χ3v) is 4.74. The third kappa shape index (κ3) is 3.84. The summed E-state index contributed by atoms with van der Waals surface area (Å²) in [5, 5.41) is 0. The highest BCUT2D eigenvalue weighted by molar-refractivity contribution is 5.53. The largest absolute Gasteiger partial charge is 0.493 e. The number of hydrogen-bond acceptors (Lipinski definition) is 3. The summed E-state index contributed by atoms with van der Waals surface area (Å²) < 4.78 is 16.3. The molecule has 5 nitrogen and oxygen atoms in total. The third-order valence-electron chi connectivity index (χ3n) is 4.74. The molecule has 22 heavy (non-hydrogen) atoms. The Morgan fingerprint density at radius 3 is 2.05 bits per heavy atom. The quantitative estimate of drug-likeness (QED) is 0.737. The number of hydrogen-bond donors (Lipinski definition) is 2. The minimum absolute atomic E-state index is 0.661. The minimum atomic E-state index is 0.661. The lowest BCUT2D eigenvalue weighted by Gasteiger charge is -2.31. The fraction of sp³-hybridized carbons (Fsp3) is 0.647. The number of nitrogens with one attached hydrogen (secondary N) is 2. The van der Waals surface area contributed by atoms with Gasteiger partial charge < -0.3 is 24.0 Å². The van der Waals surface area contributed by atoms with Gasteiger partial charge >= 0.3 is 0 Å². The van der Waals surface area contributed by atoms with E-state index in [1.165, 1.54) is 31.5 Å². The Hall–Kier alpha value is -1.46. The van der Waals surface area contributed by atoms with E-state index in [0.29, 0.717) is 5.75 Å². The molecule has 1 aromatic carbocycles. The lowest BCUT2D eigenvalue weighted by molar-refractivity contribution is -0.948. The van der Waals surface area contributed by atoms with Gasteiger partial charge in [-0.05, 0) is 12.1 Å². The smallest absolute Gasteiger partial charge is 0.203 e.